The van der Waals surface area contributed by atoms with Crippen LogP contribution in [-0.2, 0) is 4.74 Å². The standard InChI is InChI=1S/C16H28N2O2/c1-15(2,3)20-14(19)18-10-6-7-13(11-18)8-9-16(4,5)12-17/h13H,6-11H2,1-5H3. The highest BCUT2D eigenvalue weighted by molar-refractivity contribution is 5.68. The van der Waals surface area contributed by atoms with E-state index < -0.39 is 5.60 Å². The largest absolute Gasteiger partial charge is 0.444 e. The van der Waals surface area contributed by atoms with Crippen LogP contribution < -0.4 is 0 Å². The maximum atomic E-state index is 12.1. The van der Waals surface area contributed by atoms with Crippen molar-refractivity contribution in [2.24, 2.45) is 11.3 Å². The van der Waals surface area contributed by atoms with E-state index in [1.54, 1.807) is 0 Å². The van der Waals surface area contributed by atoms with Gasteiger partial charge in [-0.15, -0.1) is 0 Å². The lowest BCUT2D eigenvalue weighted by molar-refractivity contribution is 0.0158. The number of carbonyl (C=O) groups is 1. The number of amides is 1. The minimum Gasteiger partial charge on any atom is -0.444 e. The van der Waals surface area contributed by atoms with Gasteiger partial charge >= 0.3 is 6.09 Å². The average molecular weight is 280 g/mol. The molecule has 1 atom stereocenters. The van der Waals surface area contributed by atoms with Gasteiger partial charge in [0, 0.05) is 13.1 Å². The van der Waals surface area contributed by atoms with E-state index in [0.29, 0.717) is 5.92 Å². The summed E-state index contributed by atoms with van der Waals surface area (Å²) in [6, 6.07) is 2.34. The molecule has 0 radical (unpaired) electrons. The number of nitrogens with zero attached hydrogens (tertiary/aromatic N) is 2. The van der Waals surface area contributed by atoms with Crippen LogP contribution in [0.1, 0.15) is 60.3 Å². The summed E-state index contributed by atoms with van der Waals surface area (Å²) in [5.41, 5.74) is -0.707. The maximum Gasteiger partial charge on any atom is 0.410 e. The van der Waals surface area contributed by atoms with Gasteiger partial charge in [0.15, 0.2) is 0 Å². The summed E-state index contributed by atoms with van der Waals surface area (Å²) >= 11 is 0. The van der Waals surface area contributed by atoms with Gasteiger partial charge in [0.25, 0.3) is 0 Å². The Kier molecular flexibility index (Phi) is 5.44. The molecule has 0 saturated carbocycles. The van der Waals surface area contributed by atoms with E-state index in [1.165, 1.54) is 0 Å². The first kappa shape index (κ1) is 16.8. The molecule has 1 saturated heterocycles. The first-order valence-corrected chi connectivity index (χ1v) is 7.52. The van der Waals surface area contributed by atoms with Gasteiger partial charge in [-0.25, -0.2) is 4.79 Å². The van der Waals surface area contributed by atoms with Crippen LogP contribution in [0.5, 0.6) is 0 Å². The predicted octanol–water partition coefficient (Wildman–Crippen LogP) is 3.96. The van der Waals surface area contributed by atoms with E-state index >= 15 is 0 Å². The van der Waals surface area contributed by atoms with Crippen LogP contribution in [-0.4, -0.2) is 29.7 Å². The van der Waals surface area contributed by atoms with Gasteiger partial charge in [-0.1, -0.05) is 0 Å². The second-order valence-corrected chi connectivity index (χ2v) is 7.47. The van der Waals surface area contributed by atoms with E-state index in [4.69, 9.17) is 10.00 Å². The molecular formula is C16H28N2O2. The van der Waals surface area contributed by atoms with Crippen molar-refractivity contribution in [1.29, 1.82) is 5.26 Å². The molecule has 0 spiro atoms. The highest BCUT2D eigenvalue weighted by Crippen LogP contribution is 2.28. The SMILES string of the molecule is CC(C)(C#N)CCC1CCCN(C(=O)OC(C)(C)C)C1. The molecule has 1 unspecified atom stereocenters. The van der Waals surface area contributed by atoms with Crippen molar-refractivity contribution in [3.05, 3.63) is 0 Å². The lowest BCUT2D eigenvalue weighted by Crippen LogP contribution is -2.43. The van der Waals surface area contributed by atoms with Crippen molar-refractivity contribution >= 4 is 6.09 Å². The van der Waals surface area contributed by atoms with Gasteiger partial charge in [-0.05, 0) is 66.2 Å². The van der Waals surface area contributed by atoms with Gasteiger partial charge in [0.2, 0.25) is 0 Å². The molecule has 4 nitrogen and oxygen atoms in total. The highest BCUT2D eigenvalue weighted by atomic mass is 16.6. The second-order valence-electron chi connectivity index (χ2n) is 7.47. The van der Waals surface area contributed by atoms with E-state index in [0.717, 1.165) is 38.8 Å². The Morgan fingerprint density at radius 3 is 2.55 bits per heavy atom. The molecule has 4 heteroatoms. The number of ether oxygens (including phenoxy) is 1. The minimum absolute atomic E-state index is 0.207. The normalized spacial score (nSPS) is 20.4. The van der Waals surface area contributed by atoms with Crippen LogP contribution in [0.2, 0.25) is 0 Å². The Morgan fingerprint density at radius 1 is 1.35 bits per heavy atom. The van der Waals surface area contributed by atoms with Crippen LogP contribution in [0.3, 0.4) is 0 Å². The van der Waals surface area contributed by atoms with Gasteiger partial charge in [-0.3, -0.25) is 0 Å². The topological polar surface area (TPSA) is 53.3 Å². The Hall–Kier alpha value is -1.24. The van der Waals surface area contributed by atoms with E-state index in [-0.39, 0.29) is 11.5 Å². The summed E-state index contributed by atoms with van der Waals surface area (Å²) in [6.45, 7) is 11.2. The zero-order chi connectivity index (χ0) is 15.4. The number of likely N-dealkylation sites (tertiary alicyclic amines) is 1. The van der Waals surface area contributed by atoms with Crippen LogP contribution in [0.25, 0.3) is 0 Å². The maximum absolute atomic E-state index is 12.1. The fourth-order valence-electron chi connectivity index (χ4n) is 2.41. The predicted molar refractivity (Wildman–Crippen MR) is 79.2 cm³/mol. The van der Waals surface area contributed by atoms with Crippen LogP contribution >= 0.6 is 0 Å². The smallest absolute Gasteiger partial charge is 0.410 e. The first-order chi connectivity index (χ1) is 9.13. The summed E-state index contributed by atoms with van der Waals surface area (Å²) in [4.78, 5) is 13.9. The zero-order valence-corrected chi connectivity index (χ0v) is 13.5. The summed E-state index contributed by atoms with van der Waals surface area (Å²) in [5.74, 6) is 0.490. The fraction of sp³-hybridized carbons (Fsp3) is 0.875. The number of piperidine rings is 1. The quantitative estimate of drug-likeness (QED) is 0.786. The zero-order valence-electron chi connectivity index (χ0n) is 13.5. The van der Waals surface area contributed by atoms with Gasteiger partial charge in [0.05, 0.1) is 11.5 Å². The number of carbonyl (C=O) groups excluding carboxylic acids is 1. The van der Waals surface area contributed by atoms with Crippen molar-refractivity contribution in [3.8, 4) is 6.07 Å². The molecule has 20 heavy (non-hydrogen) atoms. The van der Waals surface area contributed by atoms with Crippen LogP contribution in [0.4, 0.5) is 4.79 Å². The van der Waals surface area contributed by atoms with Gasteiger partial charge in [0.1, 0.15) is 5.60 Å². The van der Waals surface area contributed by atoms with Gasteiger partial charge < -0.3 is 9.64 Å². The molecule has 0 bridgehead atoms. The number of hydrogen-bond donors (Lipinski definition) is 0. The highest BCUT2D eigenvalue weighted by Gasteiger charge is 2.28. The van der Waals surface area contributed by atoms with E-state index in [1.807, 2.05) is 39.5 Å². The molecule has 0 aromatic heterocycles. The summed E-state index contributed by atoms with van der Waals surface area (Å²) < 4.78 is 5.43. The molecular weight excluding hydrogens is 252 g/mol. The second kappa shape index (κ2) is 6.47. The molecule has 1 amide bonds. The number of hydrogen-bond acceptors (Lipinski definition) is 3. The lowest BCUT2D eigenvalue weighted by atomic mass is 9.83. The summed E-state index contributed by atoms with van der Waals surface area (Å²) in [5, 5.41) is 9.06. The molecule has 1 rings (SSSR count). The average Bonchev–Trinajstić information content (AvgIpc) is 2.35. The Balaban J connectivity index is 2.47. The third-order valence-electron chi connectivity index (χ3n) is 3.65. The number of nitriles is 1. The van der Waals surface area contributed by atoms with Crippen LogP contribution in [0.15, 0.2) is 0 Å². The first-order valence-electron chi connectivity index (χ1n) is 7.52. The van der Waals surface area contributed by atoms with Crippen molar-refractivity contribution in [2.45, 2.75) is 65.9 Å². The van der Waals surface area contributed by atoms with Crippen molar-refractivity contribution < 1.29 is 9.53 Å². The molecule has 1 heterocycles. The molecule has 0 aromatic carbocycles. The Morgan fingerprint density at radius 2 is 2.00 bits per heavy atom. The molecule has 1 aliphatic rings. The molecule has 0 aliphatic carbocycles. The van der Waals surface area contributed by atoms with E-state index in [9.17, 15) is 4.79 Å². The molecule has 1 aliphatic heterocycles. The lowest BCUT2D eigenvalue weighted by Gasteiger charge is -2.34. The Labute approximate surface area is 123 Å². The van der Waals surface area contributed by atoms with Gasteiger partial charge in [-0.2, -0.15) is 5.26 Å². The molecule has 114 valence electrons. The fourth-order valence-corrected chi connectivity index (χ4v) is 2.41. The monoisotopic (exact) mass is 280 g/mol. The molecule has 1 fully saturated rings. The third kappa shape index (κ3) is 5.81. The third-order valence-corrected chi connectivity index (χ3v) is 3.65. The molecule has 0 N–H and O–H groups in total. The van der Waals surface area contributed by atoms with E-state index in [2.05, 4.69) is 6.07 Å². The Bertz CT molecular complexity index is 377. The minimum atomic E-state index is -0.438. The summed E-state index contributed by atoms with van der Waals surface area (Å²) in [7, 11) is 0. The summed E-state index contributed by atoms with van der Waals surface area (Å²) in [6.07, 6.45) is 3.84. The number of rotatable bonds is 3. The van der Waals surface area contributed by atoms with Crippen LogP contribution in [0, 0.1) is 22.7 Å². The van der Waals surface area contributed by atoms with Crippen molar-refractivity contribution in [3.63, 3.8) is 0 Å². The van der Waals surface area contributed by atoms with Crippen molar-refractivity contribution in [1.82, 2.24) is 4.90 Å². The van der Waals surface area contributed by atoms with Crippen molar-refractivity contribution in [2.75, 3.05) is 13.1 Å². The molecule has 0 aromatic rings.